The molecule has 2 rings (SSSR count). The molecule has 0 N–H and O–H groups in total. The molecule has 31 heavy (non-hydrogen) atoms. The van der Waals surface area contributed by atoms with Gasteiger partial charge >= 0.3 is 0 Å². The van der Waals surface area contributed by atoms with Crippen LogP contribution in [0.3, 0.4) is 0 Å². The summed E-state index contributed by atoms with van der Waals surface area (Å²) in [6.45, 7) is 6.80. The van der Waals surface area contributed by atoms with Crippen LogP contribution in [0.15, 0.2) is 60.5 Å². The molecule has 10 heteroatoms. The lowest BCUT2D eigenvalue weighted by atomic mass is 10.2. The number of aryl methyl sites for hydroxylation is 2. The summed E-state index contributed by atoms with van der Waals surface area (Å²) in [5, 5.41) is 0.993. The standard InChI is InChI=1S/C11H16O5S2.C10H12O2S/c1-10-3-5-11(6-4-10)9-18(14,15)8-7-16-17(2,12)13;1-3-13(11,12)8-10-6-4-9(2)5-7-10/h3-6H,7-9H2,1-2H3;3-7H,1,8H2,2H3. The van der Waals surface area contributed by atoms with Crippen molar-refractivity contribution in [2.24, 2.45) is 0 Å². The molecule has 0 radical (unpaired) electrons. The number of rotatable bonds is 9. The van der Waals surface area contributed by atoms with E-state index < -0.39 is 29.8 Å². The van der Waals surface area contributed by atoms with Crippen molar-refractivity contribution in [3.8, 4) is 0 Å². The normalized spacial score (nSPS) is 12.0. The summed E-state index contributed by atoms with van der Waals surface area (Å²) in [5.41, 5.74) is 3.65. The quantitative estimate of drug-likeness (QED) is 0.499. The second-order valence-electron chi connectivity index (χ2n) is 7.06. The van der Waals surface area contributed by atoms with Crippen LogP contribution in [-0.2, 0) is 45.5 Å². The molecule has 7 nitrogen and oxygen atoms in total. The molecule has 0 spiro atoms. The summed E-state index contributed by atoms with van der Waals surface area (Å²) in [4.78, 5) is 0. The first-order valence-corrected chi connectivity index (χ1v) is 14.6. The zero-order chi connectivity index (χ0) is 23.7. The smallest absolute Gasteiger partial charge is 0.264 e. The molecule has 0 aliphatic carbocycles. The van der Waals surface area contributed by atoms with Gasteiger partial charge in [0, 0.05) is 5.41 Å². The van der Waals surface area contributed by atoms with Crippen LogP contribution >= 0.6 is 0 Å². The Morgan fingerprint density at radius 1 is 0.774 bits per heavy atom. The first-order valence-electron chi connectivity index (χ1n) is 9.22. The third-order valence-corrected chi connectivity index (χ3v) is 7.34. The minimum Gasteiger partial charge on any atom is -0.269 e. The predicted octanol–water partition coefficient (Wildman–Crippen LogP) is 2.94. The number of hydrogen-bond acceptors (Lipinski definition) is 7. The lowest BCUT2D eigenvalue weighted by molar-refractivity contribution is 0.343. The molecule has 0 saturated heterocycles. The Bertz CT molecular complexity index is 1160. The maximum Gasteiger partial charge on any atom is 0.264 e. The molecular weight excluding hydrogens is 460 g/mol. The maximum atomic E-state index is 11.7. The van der Waals surface area contributed by atoms with Crippen LogP contribution in [0.5, 0.6) is 0 Å². The Balaban J connectivity index is 0.000000327. The molecule has 0 unspecified atom stereocenters. The van der Waals surface area contributed by atoms with Gasteiger partial charge in [-0.15, -0.1) is 0 Å². The monoisotopic (exact) mass is 488 g/mol. The second kappa shape index (κ2) is 11.6. The van der Waals surface area contributed by atoms with E-state index in [4.69, 9.17) is 0 Å². The van der Waals surface area contributed by atoms with Crippen LogP contribution in [0.25, 0.3) is 0 Å². The molecule has 0 aliphatic heterocycles. The van der Waals surface area contributed by atoms with Crippen LogP contribution in [0.2, 0.25) is 0 Å². The Hall–Kier alpha value is -2.01. The van der Waals surface area contributed by atoms with Gasteiger partial charge in [0.2, 0.25) is 0 Å². The highest BCUT2D eigenvalue weighted by Gasteiger charge is 2.13. The van der Waals surface area contributed by atoms with Gasteiger partial charge < -0.3 is 0 Å². The Labute approximate surface area is 185 Å². The van der Waals surface area contributed by atoms with Crippen LogP contribution in [0.1, 0.15) is 22.3 Å². The van der Waals surface area contributed by atoms with Crippen molar-refractivity contribution in [2.75, 3.05) is 18.6 Å². The maximum absolute atomic E-state index is 11.7. The molecule has 0 bridgehead atoms. The molecule has 0 aliphatic rings. The summed E-state index contributed by atoms with van der Waals surface area (Å²) >= 11 is 0. The highest BCUT2D eigenvalue weighted by Crippen LogP contribution is 2.09. The van der Waals surface area contributed by atoms with Crippen molar-refractivity contribution in [1.29, 1.82) is 0 Å². The van der Waals surface area contributed by atoms with E-state index in [0.29, 0.717) is 5.56 Å². The summed E-state index contributed by atoms with van der Waals surface area (Å²) in [7, 11) is -10.1. The van der Waals surface area contributed by atoms with Gasteiger partial charge in [-0.05, 0) is 25.0 Å². The lowest BCUT2D eigenvalue weighted by Gasteiger charge is -2.05. The largest absolute Gasteiger partial charge is 0.269 e. The third kappa shape index (κ3) is 12.4. The van der Waals surface area contributed by atoms with Crippen molar-refractivity contribution in [1.82, 2.24) is 0 Å². The average molecular weight is 489 g/mol. The van der Waals surface area contributed by atoms with Crippen molar-refractivity contribution in [3.63, 3.8) is 0 Å². The van der Waals surface area contributed by atoms with Crippen molar-refractivity contribution >= 4 is 29.8 Å². The number of sulfone groups is 2. The highest BCUT2D eigenvalue weighted by atomic mass is 32.2. The zero-order valence-electron chi connectivity index (χ0n) is 17.8. The molecule has 172 valence electrons. The molecule has 2 aromatic carbocycles. The van der Waals surface area contributed by atoms with E-state index >= 15 is 0 Å². The van der Waals surface area contributed by atoms with Crippen LogP contribution in [-0.4, -0.2) is 43.9 Å². The molecule has 0 aromatic heterocycles. The van der Waals surface area contributed by atoms with Gasteiger partial charge in [0.25, 0.3) is 10.1 Å². The van der Waals surface area contributed by atoms with Crippen LogP contribution in [0, 0.1) is 13.8 Å². The minimum absolute atomic E-state index is 0.0385. The molecule has 2 aromatic rings. The summed E-state index contributed by atoms with van der Waals surface area (Å²) < 4.78 is 71.5. The summed E-state index contributed by atoms with van der Waals surface area (Å²) in [6, 6.07) is 14.6. The Morgan fingerprint density at radius 2 is 1.19 bits per heavy atom. The summed E-state index contributed by atoms with van der Waals surface area (Å²) in [5.74, 6) is -0.384. The van der Waals surface area contributed by atoms with E-state index in [1.807, 2.05) is 50.2 Å². The average Bonchev–Trinajstić information content (AvgIpc) is 2.64. The van der Waals surface area contributed by atoms with Crippen LogP contribution in [0.4, 0.5) is 0 Å². The SMILES string of the molecule is C=CS(=O)(=O)Cc1ccc(C)cc1.Cc1ccc(CS(=O)(=O)CCOS(C)(=O)=O)cc1. The van der Waals surface area contributed by atoms with E-state index in [1.165, 1.54) is 0 Å². The second-order valence-corrected chi connectivity index (χ2v) is 12.8. The molecule has 0 fully saturated rings. The number of benzene rings is 2. The predicted molar refractivity (Wildman–Crippen MR) is 123 cm³/mol. The Kier molecular flexibility index (Phi) is 10.1. The van der Waals surface area contributed by atoms with E-state index in [-0.39, 0.29) is 23.9 Å². The fourth-order valence-electron chi connectivity index (χ4n) is 2.30. The van der Waals surface area contributed by atoms with Gasteiger partial charge in [-0.3, -0.25) is 4.18 Å². The Morgan fingerprint density at radius 3 is 1.58 bits per heavy atom. The molecule has 0 heterocycles. The van der Waals surface area contributed by atoms with E-state index in [0.717, 1.165) is 28.4 Å². The fourth-order valence-corrected chi connectivity index (χ4v) is 4.75. The van der Waals surface area contributed by atoms with E-state index in [1.54, 1.807) is 12.1 Å². The fraction of sp³-hybridized carbons (Fsp3) is 0.333. The third-order valence-electron chi connectivity index (χ3n) is 3.94. The molecular formula is C21H28O7S3. The summed E-state index contributed by atoms with van der Waals surface area (Å²) in [6.07, 6.45) is 0.888. The molecule has 0 saturated carbocycles. The molecule has 0 atom stereocenters. The van der Waals surface area contributed by atoms with Gasteiger partial charge in [0.1, 0.15) is 0 Å². The first kappa shape index (κ1) is 27.0. The van der Waals surface area contributed by atoms with Gasteiger partial charge in [-0.1, -0.05) is 66.2 Å². The lowest BCUT2D eigenvalue weighted by Crippen LogP contribution is -2.16. The van der Waals surface area contributed by atoms with Crippen molar-refractivity contribution < 1.29 is 29.4 Å². The van der Waals surface area contributed by atoms with Gasteiger partial charge in [0.15, 0.2) is 19.7 Å². The highest BCUT2D eigenvalue weighted by molar-refractivity contribution is 7.93. The number of hydrogen-bond donors (Lipinski definition) is 0. The van der Waals surface area contributed by atoms with Gasteiger partial charge in [0.05, 0.1) is 30.1 Å². The van der Waals surface area contributed by atoms with Gasteiger partial charge in [-0.2, -0.15) is 8.42 Å². The van der Waals surface area contributed by atoms with E-state index in [2.05, 4.69) is 10.8 Å². The van der Waals surface area contributed by atoms with Crippen LogP contribution < -0.4 is 0 Å². The van der Waals surface area contributed by atoms with Crippen molar-refractivity contribution in [3.05, 3.63) is 82.8 Å². The molecule has 0 amide bonds. The van der Waals surface area contributed by atoms with Crippen molar-refractivity contribution in [2.45, 2.75) is 25.4 Å². The zero-order valence-corrected chi connectivity index (χ0v) is 20.3. The van der Waals surface area contributed by atoms with Gasteiger partial charge in [-0.25, -0.2) is 16.8 Å². The minimum atomic E-state index is -3.59. The van der Waals surface area contributed by atoms with E-state index in [9.17, 15) is 25.3 Å². The topological polar surface area (TPSA) is 112 Å². The first-order chi connectivity index (χ1) is 14.2.